The molecule has 4 heteroatoms. The summed E-state index contributed by atoms with van der Waals surface area (Å²) in [4.78, 5) is 11.9. The standard InChI is InChI=1S/C9H13NOS2/c1-7(11)10-6-8(12)5-9-3-2-4-13-9/h2-4,8,12H,5-6H2,1H3,(H,10,11). The summed E-state index contributed by atoms with van der Waals surface area (Å²) in [6, 6.07) is 4.11. The lowest BCUT2D eigenvalue weighted by atomic mass is 10.2. The summed E-state index contributed by atoms with van der Waals surface area (Å²) in [5, 5.41) is 5.01. The van der Waals surface area contributed by atoms with E-state index in [-0.39, 0.29) is 11.2 Å². The Labute approximate surface area is 87.8 Å². The van der Waals surface area contributed by atoms with Crippen molar-refractivity contribution in [2.45, 2.75) is 18.6 Å². The molecule has 0 radical (unpaired) electrons. The van der Waals surface area contributed by atoms with Gasteiger partial charge in [0.15, 0.2) is 0 Å². The Morgan fingerprint density at radius 3 is 3.08 bits per heavy atom. The third-order valence-electron chi connectivity index (χ3n) is 1.60. The molecule has 0 aliphatic rings. The van der Waals surface area contributed by atoms with Crippen molar-refractivity contribution in [3.8, 4) is 0 Å². The van der Waals surface area contributed by atoms with E-state index in [2.05, 4.69) is 24.0 Å². The van der Waals surface area contributed by atoms with Gasteiger partial charge in [0.25, 0.3) is 0 Å². The molecule has 2 nitrogen and oxygen atoms in total. The average Bonchev–Trinajstić information content (AvgIpc) is 2.53. The van der Waals surface area contributed by atoms with Crippen molar-refractivity contribution in [3.63, 3.8) is 0 Å². The molecule has 0 saturated carbocycles. The fraction of sp³-hybridized carbons (Fsp3) is 0.444. The molecule has 0 spiro atoms. The lowest BCUT2D eigenvalue weighted by Gasteiger charge is -2.09. The van der Waals surface area contributed by atoms with Crippen LogP contribution < -0.4 is 5.32 Å². The summed E-state index contributed by atoms with van der Waals surface area (Å²) in [5.74, 6) is 0.00484. The zero-order chi connectivity index (χ0) is 9.68. The molecular formula is C9H13NOS2. The molecule has 1 amide bonds. The first-order chi connectivity index (χ1) is 6.18. The van der Waals surface area contributed by atoms with Gasteiger partial charge in [0, 0.05) is 23.6 Å². The predicted molar refractivity (Wildman–Crippen MR) is 59.5 cm³/mol. The van der Waals surface area contributed by atoms with Gasteiger partial charge in [-0.05, 0) is 17.9 Å². The second-order valence-electron chi connectivity index (χ2n) is 2.87. The van der Waals surface area contributed by atoms with Crippen LogP contribution in [-0.4, -0.2) is 17.7 Å². The number of nitrogens with one attached hydrogen (secondary N) is 1. The second-order valence-corrected chi connectivity index (χ2v) is 4.64. The van der Waals surface area contributed by atoms with Gasteiger partial charge in [-0.1, -0.05) is 6.07 Å². The Morgan fingerprint density at radius 2 is 2.54 bits per heavy atom. The highest BCUT2D eigenvalue weighted by molar-refractivity contribution is 7.81. The lowest BCUT2D eigenvalue weighted by Crippen LogP contribution is -2.28. The summed E-state index contributed by atoms with van der Waals surface area (Å²) in [5.41, 5.74) is 0. The van der Waals surface area contributed by atoms with E-state index in [4.69, 9.17) is 0 Å². The van der Waals surface area contributed by atoms with E-state index >= 15 is 0 Å². The van der Waals surface area contributed by atoms with Gasteiger partial charge in [0.1, 0.15) is 0 Å². The van der Waals surface area contributed by atoms with Crippen molar-refractivity contribution < 1.29 is 4.79 Å². The first kappa shape index (κ1) is 10.6. The molecule has 1 aromatic heterocycles. The molecule has 1 N–H and O–H groups in total. The van der Waals surface area contributed by atoms with Gasteiger partial charge in [-0.3, -0.25) is 4.79 Å². The number of thiophene rings is 1. The predicted octanol–water partition coefficient (Wildman–Crippen LogP) is 1.73. The third-order valence-corrected chi connectivity index (χ3v) is 2.87. The molecule has 13 heavy (non-hydrogen) atoms. The normalized spacial score (nSPS) is 12.5. The zero-order valence-corrected chi connectivity index (χ0v) is 9.20. The van der Waals surface area contributed by atoms with Crippen LogP contribution in [0.5, 0.6) is 0 Å². The number of carbonyl (C=O) groups is 1. The molecule has 0 aliphatic heterocycles. The molecule has 1 rings (SSSR count). The van der Waals surface area contributed by atoms with Crippen molar-refractivity contribution >= 4 is 29.9 Å². The van der Waals surface area contributed by atoms with E-state index in [0.29, 0.717) is 6.54 Å². The van der Waals surface area contributed by atoms with Gasteiger partial charge >= 0.3 is 0 Å². The monoisotopic (exact) mass is 215 g/mol. The highest BCUT2D eigenvalue weighted by atomic mass is 32.1. The smallest absolute Gasteiger partial charge is 0.216 e. The second kappa shape index (κ2) is 5.29. The third kappa shape index (κ3) is 4.33. The maximum Gasteiger partial charge on any atom is 0.216 e. The Kier molecular flexibility index (Phi) is 4.32. The highest BCUT2D eigenvalue weighted by Gasteiger charge is 2.05. The van der Waals surface area contributed by atoms with Crippen LogP contribution in [-0.2, 0) is 11.2 Å². The minimum atomic E-state index is 0.00484. The fourth-order valence-corrected chi connectivity index (χ4v) is 2.19. The van der Waals surface area contributed by atoms with E-state index in [1.807, 2.05) is 11.4 Å². The van der Waals surface area contributed by atoms with Crippen LogP contribution in [0.4, 0.5) is 0 Å². The highest BCUT2D eigenvalue weighted by Crippen LogP contribution is 2.13. The molecule has 0 fully saturated rings. The maximum atomic E-state index is 10.6. The van der Waals surface area contributed by atoms with E-state index in [0.717, 1.165) is 6.42 Å². The lowest BCUT2D eigenvalue weighted by molar-refractivity contribution is -0.118. The van der Waals surface area contributed by atoms with Gasteiger partial charge in [0.2, 0.25) is 5.91 Å². The number of rotatable bonds is 4. The summed E-state index contributed by atoms with van der Waals surface area (Å²) < 4.78 is 0. The summed E-state index contributed by atoms with van der Waals surface area (Å²) >= 11 is 6.11. The minimum absolute atomic E-state index is 0.00484. The van der Waals surface area contributed by atoms with Crippen LogP contribution >= 0.6 is 24.0 Å². The van der Waals surface area contributed by atoms with Crippen LogP contribution in [0, 0.1) is 0 Å². The van der Waals surface area contributed by atoms with Crippen LogP contribution in [0.25, 0.3) is 0 Å². The molecule has 1 unspecified atom stereocenters. The molecule has 0 aromatic carbocycles. The maximum absolute atomic E-state index is 10.6. The van der Waals surface area contributed by atoms with Gasteiger partial charge in [-0.15, -0.1) is 11.3 Å². The Hall–Kier alpha value is -0.480. The van der Waals surface area contributed by atoms with Crippen molar-refractivity contribution in [1.82, 2.24) is 5.32 Å². The number of carbonyl (C=O) groups excluding carboxylic acids is 1. The van der Waals surface area contributed by atoms with Crippen molar-refractivity contribution in [2.24, 2.45) is 0 Å². The summed E-state index contributed by atoms with van der Waals surface area (Å²) in [7, 11) is 0. The largest absolute Gasteiger partial charge is 0.355 e. The van der Waals surface area contributed by atoms with Gasteiger partial charge in [-0.2, -0.15) is 12.6 Å². The van der Waals surface area contributed by atoms with E-state index in [9.17, 15) is 4.79 Å². The van der Waals surface area contributed by atoms with Crippen LogP contribution in [0.3, 0.4) is 0 Å². The quantitative estimate of drug-likeness (QED) is 0.736. The molecule has 1 atom stereocenters. The molecule has 1 heterocycles. The molecular weight excluding hydrogens is 202 g/mol. The van der Waals surface area contributed by atoms with E-state index in [1.165, 1.54) is 11.8 Å². The van der Waals surface area contributed by atoms with Gasteiger partial charge in [-0.25, -0.2) is 0 Å². The van der Waals surface area contributed by atoms with Crippen LogP contribution in [0.15, 0.2) is 17.5 Å². The first-order valence-electron chi connectivity index (χ1n) is 4.13. The van der Waals surface area contributed by atoms with Gasteiger partial charge < -0.3 is 5.32 Å². The van der Waals surface area contributed by atoms with Crippen LogP contribution in [0.1, 0.15) is 11.8 Å². The number of amides is 1. The molecule has 0 aliphatic carbocycles. The number of thiol groups is 1. The van der Waals surface area contributed by atoms with E-state index in [1.54, 1.807) is 11.3 Å². The molecule has 72 valence electrons. The average molecular weight is 215 g/mol. The van der Waals surface area contributed by atoms with Crippen molar-refractivity contribution in [1.29, 1.82) is 0 Å². The Morgan fingerprint density at radius 1 is 1.77 bits per heavy atom. The summed E-state index contributed by atoms with van der Waals surface area (Å²) in [6.45, 7) is 2.15. The minimum Gasteiger partial charge on any atom is -0.355 e. The number of hydrogen-bond donors (Lipinski definition) is 2. The summed E-state index contributed by atoms with van der Waals surface area (Å²) in [6.07, 6.45) is 0.918. The van der Waals surface area contributed by atoms with E-state index < -0.39 is 0 Å². The molecule has 0 bridgehead atoms. The van der Waals surface area contributed by atoms with Crippen molar-refractivity contribution in [3.05, 3.63) is 22.4 Å². The van der Waals surface area contributed by atoms with Crippen LogP contribution in [0.2, 0.25) is 0 Å². The zero-order valence-electron chi connectivity index (χ0n) is 7.49. The van der Waals surface area contributed by atoms with Crippen molar-refractivity contribution in [2.75, 3.05) is 6.54 Å². The first-order valence-corrected chi connectivity index (χ1v) is 5.53. The molecule has 1 aromatic rings. The number of hydrogen-bond acceptors (Lipinski definition) is 3. The molecule has 0 saturated heterocycles. The van der Waals surface area contributed by atoms with Gasteiger partial charge in [0.05, 0.1) is 0 Å². The topological polar surface area (TPSA) is 29.1 Å². The SMILES string of the molecule is CC(=O)NCC(S)Cc1cccs1. The fourth-order valence-electron chi connectivity index (χ4n) is 0.995. The Balaban J connectivity index is 2.25. The Bertz CT molecular complexity index is 259.